The smallest absolute Gasteiger partial charge is 0.266 e. The Morgan fingerprint density at radius 3 is 2.77 bits per heavy atom. The fourth-order valence-electron chi connectivity index (χ4n) is 2.99. The third-order valence-corrected chi connectivity index (χ3v) is 4.45. The van der Waals surface area contributed by atoms with Gasteiger partial charge in [0, 0.05) is 52.0 Å². The van der Waals surface area contributed by atoms with E-state index >= 15 is 0 Å². The zero-order valence-corrected chi connectivity index (χ0v) is 14.6. The molecule has 0 aliphatic carbocycles. The van der Waals surface area contributed by atoms with Crippen LogP contribution in [0.5, 0.6) is 11.5 Å². The highest BCUT2D eigenvalue weighted by Crippen LogP contribution is 2.32. The van der Waals surface area contributed by atoms with Gasteiger partial charge >= 0.3 is 0 Å². The number of nitrogens with one attached hydrogen (secondary N) is 1. The van der Waals surface area contributed by atoms with E-state index in [4.69, 9.17) is 15.2 Å². The van der Waals surface area contributed by atoms with Crippen LogP contribution < -0.4 is 20.5 Å². The molecule has 1 fully saturated rings. The van der Waals surface area contributed by atoms with Crippen LogP contribution in [0.25, 0.3) is 0 Å². The standard InChI is InChI=1S/C18H23N5O3/c19-3-4-22-5-7-23(8-6-22)18(24)15(10-20)12-21-11-14-1-2-16-17(9-14)26-13-25-16/h1-2,9,12,21H,3-8,11,13,19H2/b15-12-. The highest BCUT2D eigenvalue weighted by molar-refractivity contribution is 5.97. The molecule has 0 radical (unpaired) electrons. The van der Waals surface area contributed by atoms with Crippen LogP contribution in [0.1, 0.15) is 5.56 Å². The van der Waals surface area contributed by atoms with Crippen molar-refractivity contribution in [3.63, 3.8) is 0 Å². The molecule has 1 aromatic carbocycles. The minimum Gasteiger partial charge on any atom is -0.454 e. The summed E-state index contributed by atoms with van der Waals surface area (Å²) in [5.41, 5.74) is 6.65. The van der Waals surface area contributed by atoms with Crippen molar-refractivity contribution in [3.8, 4) is 17.6 Å². The quantitative estimate of drug-likeness (QED) is 0.546. The largest absolute Gasteiger partial charge is 0.454 e. The van der Waals surface area contributed by atoms with Gasteiger partial charge in [-0.1, -0.05) is 6.07 Å². The second-order valence-corrected chi connectivity index (χ2v) is 6.16. The number of carbonyl (C=O) groups excluding carboxylic acids is 1. The molecule has 8 heteroatoms. The Morgan fingerprint density at radius 1 is 1.27 bits per heavy atom. The number of rotatable bonds is 6. The zero-order chi connectivity index (χ0) is 18.4. The lowest BCUT2D eigenvalue weighted by Crippen LogP contribution is -2.50. The molecule has 0 saturated carbocycles. The summed E-state index contributed by atoms with van der Waals surface area (Å²) in [7, 11) is 0. The molecule has 0 bridgehead atoms. The molecule has 0 atom stereocenters. The highest BCUT2D eigenvalue weighted by Gasteiger charge is 2.23. The fraction of sp³-hybridized carbons (Fsp3) is 0.444. The molecule has 2 aliphatic rings. The zero-order valence-electron chi connectivity index (χ0n) is 14.6. The maximum atomic E-state index is 12.5. The van der Waals surface area contributed by atoms with Gasteiger partial charge in [0.25, 0.3) is 5.91 Å². The predicted molar refractivity (Wildman–Crippen MR) is 95.2 cm³/mol. The normalized spacial score (nSPS) is 17.1. The number of carbonyl (C=O) groups is 1. The number of ether oxygens (including phenoxy) is 2. The fourth-order valence-corrected chi connectivity index (χ4v) is 2.99. The SMILES string of the molecule is N#C/C(=C/NCc1ccc2c(c1)OCO2)C(=O)N1CCN(CCN)CC1. The Balaban J connectivity index is 1.53. The topological polar surface area (TPSA) is 104 Å². The van der Waals surface area contributed by atoms with Crippen LogP contribution >= 0.6 is 0 Å². The first kappa shape index (κ1) is 18.0. The summed E-state index contributed by atoms with van der Waals surface area (Å²) in [6, 6.07) is 7.64. The number of fused-ring (bicyclic) bond motifs is 1. The Kier molecular flexibility index (Phi) is 5.94. The van der Waals surface area contributed by atoms with Crippen LogP contribution in [0.4, 0.5) is 0 Å². The van der Waals surface area contributed by atoms with E-state index in [2.05, 4.69) is 10.2 Å². The van der Waals surface area contributed by atoms with Crippen LogP contribution in [-0.4, -0.2) is 61.8 Å². The number of benzene rings is 1. The molecule has 1 amide bonds. The summed E-state index contributed by atoms with van der Waals surface area (Å²) < 4.78 is 10.6. The molecular weight excluding hydrogens is 334 g/mol. The maximum absolute atomic E-state index is 12.5. The average Bonchev–Trinajstić information content (AvgIpc) is 3.13. The van der Waals surface area contributed by atoms with Crippen LogP contribution in [0, 0.1) is 11.3 Å². The molecular formula is C18H23N5O3. The van der Waals surface area contributed by atoms with Gasteiger partial charge in [-0.3, -0.25) is 9.69 Å². The molecule has 3 rings (SSSR count). The van der Waals surface area contributed by atoms with E-state index in [-0.39, 0.29) is 18.3 Å². The van der Waals surface area contributed by atoms with Crippen molar-refractivity contribution in [1.82, 2.24) is 15.1 Å². The predicted octanol–water partition coefficient (Wildman–Crippen LogP) is 0.0153. The van der Waals surface area contributed by atoms with Gasteiger partial charge in [-0.05, 0) is 17.7 Å². The Bertz CT molecular complexity index is 720. The Morgan fingerprint density at radius 2 is 2.04 bits per heavy atom. The molecule has 26 heavy (non-hydrogen) atoms. The number of hydrogen-bond donors (Lipinski definition) is 2. The summed E-state index contributed by atoms with van der Waals surface area (Å²) in [6.45, 7) is 4.96. The van der Waals surface area contributed by atoms with Crippen molar-refractivity contribution in [2.45, 2.75) is 6.54 Å². The lowest BCUT2D eigenvalue weighted by molar-refractivity contribution is -0.128. The summed E-state index contributed by atoms with van der Waals surface area (Å²) in [5.74, 6) is 1.20. The Hall–Kier alpha value is -2.76. The summed E-state index contributed by atoms with van der Waals surface area (Å²) in [4.78, 5) is 16.4. The van der Waals surface area contributed by atoms with Crippen LogP contribution in [0.3, 0.4) is 0 Å². The number of nitrogens with two attached hydrogens (primary N) is 1. The van der Waals surface area contributed by atoms with Crippen molar-refractivity contribution in [3.05, 3.63) is 35.5 Å². The minimum atomic E-state index is -0.238. The molecule has 0 aromatic heterocycles. The molecule has 3 N–H and O–H groups in total. The van der Waals surface area contributed by atoms with E-state index in [0.29, 0.717) is 31.9 Å². The molecule has 2 aliphatic heterocycles. The summed E-state index contributed by atoms with van der Waals surface area (Å²) in [6.07, 6.45) is 1.49. The van der Waals surface area contributed by atoms with Crippen molar-refractivity contribution >= 4 is 5.91 Å². The lowest BCUT2D eigenvalue weighted by Gasteiger charge is -2.34. The molecule has 8 nitrogen and oxygen atoms in total. The number of piperazine rings is 1. The van der Waals surface area contributed by atoms with Crippen molar-refractivity contribution in [2.24, 2.45) is 5.73 Å². The second kappa shape index (κ2) is 8.56. The second-order valence-electron chi connectivity index (χ2n) is 6.16. The van der Waals surface area contributed by atoms with Gasteiger partial charge in [-0.15, -0.1) is 0 Å². The first-order chi connectivity index (χ1) is 12.7. The molecule has 2 heterocycles. The summed E-state index contributed by atoms with van der Waals surface area (Å²) >= 11 is 0. The van der Waals surface area contributed by atoms with Crippen LogP contribution in [0.15, 0.2) is 30.0 Å². The highest BCUT2D eigenvalue weighted by atomic mass is 16.7. The van der Waals surface area contributed by atoms with Crippen LogP contribution in [0.2, 0.25) is 0 Å². The third kappa shape index (κ3) is 4.25. The number of hydrogen-bond acceptors (Lipinski definition) is 7. The Labute approximate surface area is 152 Å². The molecule has 1 aromatic rings. The average molecular weight is 357 g/mol. The molecule has 0 unspecified atom stereocenters. The van der Waals surface area contributed by atoms with Gasteiger partial charge < -0.3 is 25.4 Å². The molecule has 1 saturated heterocycles. The lowest BCUT2D eigenvalue weighted by atomic mass is 10.2. The van der Waals surface area contributed by atoms with E-state index in [9.17, 15) is 10.1 Å². The maximum Gasteiger partial charge on any atom is 0.266 e. The van der Waals surface area contributed by atoms with Crippen molar-refractivity contribution in [1.29, 1.82) is 5.26 Å². The third-order valence-electron chi connectivity index (χ3n) is 4.45. The van der Waals surface area contributed by atoms with Gasteiger partial charge in [-0.25, -0.2) is 0 Å². The van der Waals surface area contributed by atoms with Crippen molar-refractivity contribution in [2.75, 3.05) is 46.1 Å². The monoisotopic (exact) mass is 357 g/mol. The van der Waals surface area contributed by atoms with Gasteiger partial charge in [-0.2, -0.15) is 5.26 Å². The first-order valence-electron chi connectivity index (χ1n) is 8.65. The number of amides is 1. The van der Waals surface area contributed by atoms with Crippen LogP contribution in [-0.2, 0) is 11.3 Å². The van der Waals surface area contributed by atoms with E-state index in [1.54, 1.807) is 4.90 Å². The van der Waals surface area contributed by atoms with E-state index in [0.717, 1.165) is 30.9 Å². The van der Waals surface area contributed by atoms with Gasteiger partial charge in [0.1, 0.15) is 11.6 Å². The number of nitrogens with zero attached hydrogens (tertiary/aromatic N) is 3. The van der Waals surface area contributed by atoms with E-state index in [1.165, 1.54) is 6.20 Å². The van der Waals surface area contributed by atoms with Gasteiger partial charge in [0.15, 0.2) is 11.5 Å². The molecule has 0 spiro atoms. The summed E-state index contributed by atoms with van der Waals surface area (Å²) in [5, 5.41) is 12.4. The van der Waals surface area contributed by atoms with Crippen molar-refractivity contribution < 1.29 is 14.3 Å². The van der Waals surface area contributed by atoms with E-state index in [1.807, 2.05) is 24.3 Å². The molecule has 138 valence electrons. The van der Waals surface area contributed by atoms with E-state index < -0.39 is 0 Å². The van der Waals surface area contributed by atoms with Gasteiger partial charge in [0.05, 0.1) is 0 Å². The minimum absolute atomic E-state index is 0.109. The first-order valence-corrected chi connectivity index (χ1v) is 8.65. The number of nitriles is 1. The van der Waals surface area contributed by atoms with Gasteiger partial charge in [0.2, 0.25) is 6.79 Å².